The molecule has 0 aliphatic carbocycles. The molecule has 0 radical (unpaired) electrons. The number of hydrogen-bond acceptors (Lipinski definition) is 4. The van der Waals surface area contributed by atoms with Gasteiger partial charge in [-0.1, -0.05) is 6.07 Å². The van der Waals surface area contributed by atoms with Gasteiger partial charge < -0.3 is 9.47 Å². The summed E-state index contributed by atoms with van der Waals surface area (Å²) in [4.78, 5) is 11.9. The molecule has 5 heteroatoms. The van der Waals surface area contributed by atoms with Gasteiger partial charge in [0.25, 0.3) is 0 Å². The van der Waals surface area contributed by atoms with E-state index in [0.717, 1.165) is 29.9 Å². The van der Waals surface area contributed by atoms with Crippen molar-refractivity contribution in [1.82, 2.24) is 5.43 Å². The molecule has 1 N–H and O–H groups in total. The highest BCUT2D eigenvalue weighted by Gasteiger charge is 2.04. The van der Waals surface area contributed by atoms with Crippen molar-refractivity contribution in [1.29, 1.82) is 0 Å². The summed E-state index contributed by atoms with van der Waals surface area (Å²) in [7, 11) is 1.66. The molecular formula is C21H26N2O3. The summed E-state index contributed by atoms with van der Waals surface area (Å²) in [6, 6.07) is 13.6. The number of hydrazone groups is 1. The molecule has 26 heavy (non-hydrogen) atoms. The Labute approximate surface area is 155 Å². The predicted molar refractivity (Wildman–Crippen MR) is 104 cm³/mol. The molecule has 2 rings (SSSR count). The molecule has 0 bridgehead atoms. The van der Waals surface area contributed by atoms with Crippen LogP contribution in [-0.2, 0) is 11.2 Å². The minimum absolute atomic E-state index is 0.0849. The second-order valence-electron chi connectivity index (χ2n) is 5.94. The van der Waals surface area contributed by atoms with Crippen LogP contribution in [0.4, 0.5) is 0 Å². The molecule has 0 aromatic heterocycles. The molecule has 1 amide bonds. The summed E-state index contributed by atoms with van der Waals surface area (Å²) in [6.07, 6.45) is 3.69. The first kappa shape index (κ1) is 19.5. The molecule has 0 atom stereocenters. The van der Waals surface area contributed by atoms with Crippen molar-refractivity contribution < 1.29 is 14.3 Å². The number of amides is 1. The van der Waals surface area contributed by atoms with Gasteiger partial charge in [-0.3, -0.25) is 4.79 Å². The lowest BCUT2D eigenvalue weighted by Crippen LogP contribution is -2.17. The Balaban J connectivity index is 1.73. The largest absolute Gasteiger partial charge is 0.497 e. The Morgan fingerprint density at radius 2 is 1.88 bits per heavy atom. The predicted octanol–water partition coefficient (Wildman–Crippen LogP) is 3.88. The smallest absolute Gasteiger partial charge is 0.240 e. The van der Waals surface area contributed by atoms with Crippen LogP contribution in [0.25, 0.3) is 0 Å². The number of ether oxygens (including phenoxy) is 2. The van der Waals surface area contributed by atoms with Gasteiger partial charge in [0.15, 0.2) is 0 Å². The molecule has 0 saturated carbocycles. The fourth-order valence-corrected chi connectivity index (χ4v) is 2.57. The third-order valence-corrected chi connectivity index (χ3v) is 3.99. The zero-order valence-electron chi connectivity index (χ0n) is 15.6. The van der Waals surface area contributed by atoms with Crippen LogP contribution in [-0.4, -0.2) is 25.8 Å². The standard InChI is InChI=1S/C21H26N2O3/c1-4-26-19-11-8-17(9-12-19)15-22-23-21(24)7-5-6-18-10-13-20(25-3)14-16(18)2/h8-15H,4-7H2,1-3H3,(H,23,24). The van der Waals surface area contributed by atoms with Crippen LogP contribution >= 0.6 is 0 Å². The van der Waals surface area contributed by atoms with Gasteiger partial charge in [0.2, 0.25) is 5.91 Å². The SMILES string of the molecule is CCOc1ccc(C=NNC(=O)CCCc2ccc(OC)cc2C)cc1. The Morgan fingerprint density at radius 1 is 1.15 bits per heavy atom. The maximum absolute atomic E-state index is 11.9. The molecular weight excluding hydrogens is 328 g/mol. The molecule has 0 spiro atoms. The summed E-state index contributed by atoms with van der Waals surface area (Å²) in [5, 5.41) is 4.00. The quantitative estimate of drug-likeness (QED) is 0.549. The van der Waals surface area contributed by atoms with Crippen molar-refractivity contribution >= 4 is 12.1 Å². The third-order valence-electron chi connectivity index (χ3n) is 3.99. The summed E-state index contributed by atoms with van der Waals surface area (Å²) < 4.78 is 10.6. The topological polar surface area (TPSA) is 59.9 Å². The summed E-state index contributed by atoms with van der Waals surface area (Å²) >= 11 is 0. The molecule has 5 nitrogen and oxygen atoms in total. The Kier molecular flexibility index (Phi) is 7.68. The van der Waals surface area contributed by atoms with Gasteiger partial charge in [0, 0.05) is 6.42 Å². The van der Waals surface area contributed by atoms with Crippen molar-refractivity contribution in [2.24, 2.45) is 5.10 Å². The number of benzene rings is 2. The highest BCUT2D eigenvalue weighted by molar-refractivity contribution is 5.82. The Bertz CT molecular complexity index is 739. The molecule has 0 aliphatic rings. The van der Waals surface area contributed by atoms with Crippen LogP contribution in [0.5, 0.6) is 11.5 Å². The van der Waals surface area contributed by atoms with Gasteiger partial charge in [0.05, 0.1) is 19.9 Å². The summed E-state index contributed by atoms with van der Waals surface area (Å²) in [5.74, 6) is 1.59. The van der Waals surface area contributed by atoms with E-state index in [1.807, 2.05) is 43.3 Å². The van der Waals surface area contributed by atoms with Crippen LogP contribution in [0.2, 0.25) is 0 Å². The molecule has 0 saturated heterocycles. The van der Waals surface area contributed by atoms with Gasteiger partial charge in [0.1, 0.15) is 11.5 Å². The Morgan fingerprint density at radius 3 is 2.54 bits per heavy atom. The number of carbonyl (C=O) groups excluding carboxylic acids is 1. The molecule has 0 heterocycles. The van der Waals surface area contributed by atoms with Crippen LogP contribution in [0.15, 0.2) is 47.6 Å². The lowest BCUT2D eigenvalue weighted by atomic mass is 10.0. The first-order valence-electron chi connectivity index (χ1n) is 8.80. The molecule has 0 fully saturated rings. The fraction of sp³-hybridized carbons (Fsp3) is 0.333. The fourth-order valence-electron chi connectivity index (χ4n) is 2.57. The zero-order chi connectivity index (χ0) is 18.8. The van der Waals surface area contributed by atoms with Crippen LogP contribution < -0.4 is 14.9 Å². The van der Waals surface area contributed by atoms with Gasteiger partial charge >= 0.3 is 0 Å². The maximum Gasteiger partial charge on any atom is 0.240 e. The maximum atomic E-state index is 11.9. The Hall–Kier alpha value is -2.82. The average molecular weight is 354 g/mol. The van der Waals surface area contributed by atoms with Gasteiger partial charge in [-0.25, -0.2) is 5.43 Å². The third kappa shape index (κ3) is 6.24. The van der Waals surface area contributed by atoms with E-state index in [1.54, 1.807) is 13.3 Å². The van der Waals surface area contributed by atoms with E-state index in [4.69, 9.17) is 9.47 Å². The number of methoxy groups -OCH3 is 1. The van der Waals surface area contributed by atoms with Crippen LogP contribution in [0.3, 0.4) is 0 Å². The molecule has 0 aliphatic heterocycles. The molecule has 0 unspecified atom stereocenters. The van der Waals surface area contributed by atoms with Crippen molar-refractivity contribution in [3.05, 3.63) is 59.2 Å². The number of carbonyl (C=O) groups is 1. The molecule has 2 aromatic rings. The number of nitrogens with one attached hydrogen (secondary N) is 1. The van der Waals surface area contributed by atoms with Crippen molar-refractivity contribution in [2.45, 2.75) is 33.1 Å². The monoisotopic (exact) mass is 354 g/mol. The summed E-state index contributed by atoms with van der Waals surface area (Å²) in [6.45, 7) is 4.64. The van der Waals surface area contributed by atoms with Crippen molar-refractivity contribution in [3.63, 3.8) is 0 Å². The molecule has 138 valence electrons. The van der Waals surface area contributed by atoms with E-state index in [0.29, 0.717) is 13.0 Å². The highest BCUT2D eigenvalue weighted by atomic mass is 16.5. The zero-order valence-corrected chi connectivity index (χ0v) is 15.6. The van der Waals surface area contributed by atoms with E-state index in [-0.39, 0.29) is 5.91 Å². The van der Waals surface area contributed by atoms with Gasteiger partial charge in [-0.15, -0.1) is 0 Å². The second kappa shape index (κ2) is 10.2. The minimum atomic E-state index is -0.0849. The van der Waals surface area contributed by atoms with Crippen LogP contribution in [0, 0.1) is 6.92 Å². The van der Waals surface area contributed by atoms with E-state index < -0.39 is 0 Å². The van der Waals surface area contributed by atoms with Crippen LogP contribution in [0.1, 0.15) is 36.5 Å². The second-order valence-corrected chi connectivity index (χ2v) is 5.94. The first-order chi connectivity index (χ1) is 12.6. The average Bonchev–Trinajstić information content (AvgIpc) is 2.64. The van der Waals surface area contributed by atoms with E-state index in [1.165, 1.54) is 11.1 Å². The van der Waals surface area contributed by atoms with Crippen molar-refractivity contribution in [2.75, 3.05) is 13.7 Å². The summed E-state index contributed by atoms with van der Waals surface area (Å²) in [5.41, 5.74) is 5.89. The number of aryl methyl sites for hydroxylation is 2. The lowest BCUT2D eigenvalue weighted by molar-refractivity contribution is -0.121. The lowest BCUT2D eigenvalue weighted by Gasteiger charge is -2.07. The first-order valence-corrected chi connectivity index (χ1v) is 8.80. The highest BCUT2D eigenvalue weighted by Crippen LogP contribution is 2.18. The minimum Gasteiger partial charge on any atom is -0.497 e. The number of nitrogens with zero attached hydrogens (tertiary/aromatic N) is 1. The van der Waals surface area contributed by atoms with Gasteiger partial charge in [-0.05, 0) is 79.8 Å². The van der Waals surface area contributed by atoms with E-state index in [2.05, 4.69) is 23.5 Å². The van der Waals surface area contributed by atoms with E-state index >= 15 is 0 Å². The number of hydrogen-bond donors (Lipinski definition) is 1. The number of rotatable bonds is 9. The van der Waals surface area contributed by atoms with E-state index in [9.17, 15) is 4.79 Å². The molecule has 2 aromatic carbocycles. The van der Waals surface area contributed by atoms with Gasteiger partial charge in [-0.2, -0.15) is 5.10 Å². The normalized spacial score (nSPS) is 10.7. The van der Waals surface area contributed by atoms with Crippen molar-refractivity contribution in [3.8, 4) is 11.5 Å².